The number of carbonyl (C=O) groups is 1. The number of halogens is 2. The molecule has 3 aromatic rings. The van der Waals surface area contributed by atoms with E-state index in [9.17, 15) is 13.6 Å². The number of rotatable bonds is 8. The van der Waals surface area contributed by atoms with Crippen molar-refractivity contribution in [3.05, 3.63) is 78.1 Å². The minimum Gasteiger partial charge on any atom is -0.462 e. The number of hydrogen-bond donors (Lipinski definition) is 0. The summed E-state index contributed by atoms with van der Waals surface area (Å²) in [7, 11) is 1.32. The van der Waals surface area contributed by atoms with Crippen molar-refractivity contribution in [2.24, 2.45) is 0 Å². The van der Waals surface area contributed by atoms with E-state index in [0.717, 1.165) is 5.57 Å². The van der Waals surface area contributed by atoms with E-state index in [4.69, 9.17) is 14.5 Å². The lowest BCUT2D eigenvalue weighted by molar-refractivity contribution is -0.178. The van der Waals surface area contributed by atoms with Gasteiger partial charge in [0.2, 0.25) is 0 Å². The zero-order valence-corrected chi connectivity index (χ0v) is 17.6. The second kappa shape index (κ2) is 9.57. The van der Waals surface area contributed by atoms with E-state index in [1.807, 2.05) is 6.92 Å². The first-order chi connectivity index (χ1) is 14.9. The smallest absolute Gasteiger partial charge is 0.342 e. The van der Waals surface area contributed by atoms with E-state index >= 15 is 0 Å². The van der Waals surface area contributed by atoms with Crippen LogP contribution in [0.2, 0.25) is 0 Å². The lowest BCUT2D eigenvalue weighted by Gasteiger charge is -2.11. The van der Waals surface area contributed by atoms with E-state index in [1.165, 1.54) is 25.3 Å². The summed E-state index contributed by atoms with van der Waals surface area (Å²) in [6.07, 6.45) is 3.96. The molecular weight excluding hydrogens is 404 g/mol. The van der Waals surface area contributed by atoms with Crippen molar-refractivity contribution >= 4 is 11.5 Å². The first-order valence-corrected chi connectivity index (χ1v) is 9.77. The van der Waals surface area contributed by atoms with Crippen molar-refractivity contribution in [3.63, 3.8) is 0 Å². The van der Waals surface area contributed by atoms with Gasteiger partial charge in [-0.2, -0.15) is 4.89 Å². The summed E-state index contributed by atoms with van der Waals surface area (Å²) in [5.41, 5.74) is 2.39. The number of benzene rings is 2. The fourth-order valence-corrected chi connectivity index (χ4v) is 3.24. The van der Waals surface area contributed by atoms with Crippen LogP contribution in [0.5, 0.6) is 5.75 Å². The van der Waals surface area contributed by atoms with Gasteiger partial charge in [-0.1, -0.05) is 19.6 Å². The summed E-state index contributed by atoms with van der Waals surface area (Å²) >= 11 is 0. The second-order valence-corrected chi connectivity index (χ2v) is 6.70. The number of nitrogens with zero attached hydrogens (tertiary/aromatic N) is 1. The number of esters is 1. The van der Waals surface area contributed by atoms with Gasteiger partial charge in [0.25, 0.3) is 0 Å². The molecule has 0 spiro atoms. The molecule has 0 radical (unpaired) electrons. The van der Waals surface area contributed by atoms with Crippen molar-refractivity contribution in [1.82, 2.24) is 4.57 Å². The molecular formula is C24H23F2NO4. The van der Waals surface area contributed by atoms with Gasteiger partial charge in [0.1, 0.15) is 17.2 Å². The molecule has 0 fully saturated rings. The maximum Gasteiger partial charge on any atom is 0.342 e. The molecule has 0 atom stereocenters. The van der Waals surface area contributed by atoms with Gasteiger partial charge in [-0.25, -0.2) is 13.6 Å². The van der Waals surface area contributed by atoms with Gasteiger partial charge in [0.05, 0.1) is 19.3 Å². The SMILES string of the molecule is C=C(CC)c1cn(-c2ccc(C(=O)OCC)c(OOC)c2)cc1-c1c(F)cccc1F. The molecule has 0 aliphatic rings. The minimum atomic E-state index is -0.663. The van der Waals surface area contributed by atoms with Gasteiger partial charge in [0.15, 0.2) is 5.75 Å². The van der Waals surface area contributed by atoms with Crippen LogP contribution in [0.3, 0.4) is 0 Å². The number of aromatic nitrogens is 1. The Bertz CT molecular complexity index is 1100. The fraction of sp³-hybridized carbons (Fsp3) is 0.208. The summed E-state index contributed by atoms with van der Waals surface area (Å²) in [4.78, 5) is 22.1. The average Bonchev–Trinajstić information content (AvgIpc) is 3.18. The van der Waals surface area contributed by atoms with Gasteiger partial charge < -0.3 is 14.2 Å². The van der Waals surface area contributed by atoms with E-state index in [0.29, 0.717) is 23.2 Å². The Morgan fingerprint density at radius 1 is 1.06 bits per heavy atom. The zero-order valence-electron chi connectivity index (χ0n) is 17.6. The van der Waals surface area contributed by atoms with Crippen molar-refractivity contribution in [3.8, 4) is 22.6 Å². The first-order valence-electron chi connectivity index (χ1n) is 9.77. The Labute approximate surface area is 179 Å². The molecule has 3 rings (SSSR count). The molecule has 0 saturated heterocycles. The van der Waals surface area contributed by atoms with Crippen LogP contribution in [0.15, 0.2) is 55.4 Å². The average molecular weight is 427 g/mol. The van der Waals surface area contributed by atoms with E-state index in [-0.39, 0.29) is 23.5 Å². The predicted octanol–water partition coefficient (Wildman–Crippen LogP) is 5.96. The van der Waals surface area contributed by atoms with E-state index in [1.54, 1.807) is 42.1 Å². The Hall–Kier alpha value is -3.45. The minimum absolute atomic E-state index is 0.123. The van der Waals surface area contributed by atoms with Crippen LogP contribution in [0.4, 0.5) is 8.78 Å². The van der Waals surface area contributed by atoms with Crippen LogP contribution in [-0.2, 0) is 9.62 Å². The lowest BCUT2D eigenvalue weighted by Crippen LogP contribution is -2.08. The van der Waals surface area contributed by atoms with Gasteiger partial charge in [0, 0.05) is 35.3 Å². The van der Waals surface area contributed by atoms with Gasteiger partial charge >= 0.3 is 5.97 Å². The molecule has 0 unspecified atom stereocenters. The summed E-state index contributed by atoms with van der Waals surface area (Å²) in [6.45, 7) is 7.87. The molecule has 0 N–H and O–H groups in total. The highest BCUT2D eigenvalue weighted by Crippen LogP contribution is 2.36. The molecule has 31 heavy (non-hydrogen) atoms. The van der Waals surface area contributed by atoms with Crippen LogP contribution < -0.4 is 4.89 Å². The Morgan fingerprint density at radius 2 is 1.77 bits per heavy atom. The number of hydrogen-bond acceptors (Lipinski definition) is 4. The third-order valence-corrected chi connectivity index (χ3v) is 4.80. The van der Waals surface area contributed by atoms with Crippen molar-refractivity contribution in [2.45, 2.75) is 20.3 Å². The maximum absolute atomic E-state index is 14.5. The standard InChI is InChI=1S/C24H23F2NO4/c1-5-15(3)18-13-27(14-19(18)23-20(25)8-7-9-21(23)26)16-10-11-17(24(28)30-6-2)22(12-16)31-29-4/h7-14H,3,5-6H2,1-2,4H3. The molecule has 1 heterocycles. The molecule has 0 saturated carbocycles. The maximum atomic E-state index is 14.5. The number of carbonyl (C=O) groups excluding carboxylic acids is 1. The third-order valence-electron chi connectivity index (χ3n) is 4.80. The van der Waals surface area contributed by atoms with Crippen molar-refractivity contribution in [1.29, 1.82) is 0 Å². The predicted molar refractivity (Wildman–Crippen MR) is 114 cm³/mol. The highest BCUT2D eigenvalue weighted by molar-refractivity contribution is 5.93. The molecule has 5 nitrogen and oxygen atoms in total. The second-order valence-electron chi connectivity index (χ2n) is 6.70. The zero-order chi connectivity index (χ0) is 22.5. The van der Waals surface area contributed by atoms with Gasteiger partial charge in [-0.15, -0.1) is 0 Å². The lowest BCUT2D eigenvalue weighted by atomic mass is 9.98. The van der Waals surface area contributed by atoms with E-state index in [2.05, 4.69) is 6.58 Å². The first kappa shape index (κ1) is 22.2. The summed E-state index contributed by atoms with van der Waals surface area (Å²) in [5.74, 6) is -1.72. The topological polar surface area (TPSA) is 49.7 Å². The highest BCUT2D eigenvalue weighted by atomic mass is 19.1. The van der Waals surface area contributed by atoms with Crippen LogP contribution in [0.25, 0.3) is 22.4 Å². The van der Waals surface area contributed by atoms with Crippen LogP contribution in [0, 0.1) is 11.6 Å². The monoisotopic (exact) mass is 427 g/mol. The molecule has 7 heteroatoms. The fourth-order valence-electron chi connectivity index (χ4n) is 3.24. The molecule has 2 aromatic carbocycles. The Balaban J connectivity index is 2.15. The van der Waals surface area contributed by atoms with E-state index < -0.39 is 17.6 Å². The Morgan fingerprint density at radius 3 is 2.39 bits per heavy atom. The van der Waals surface area contributed by atoms with Gasteiger partial charge in [-0.05, 0) is 43.2 Å². The third kappa shape index (κ3) is 4.51. The number of ether oxygens (including phenoxy) is 1. The molecule has 0 aliphatic heterocycles. The molecule has 0 amide bonds. The quantitative estimate of drug-likeness (QED) is 0.253. The van der Waals surface area contributed by atoms with Crippen molar-refractivity contribution < 1.29 is 28.1 Å². The largest absolute Gasteiger partial charge is 0.462 e. The summed E-state index contributed by atoms with van der Waals surface area (Å²) in [5, 5.41) is 0. The van der Waals surface area contributed by atoms with Crippen LogP contribution >= 0.6 is 0 Å². The summed E-state index contributed by atoms with van der Waals surface area (Å²) in [6, 6.07) is 8.55. The van der Waals surface area contributed by atoms with Crippen LogP contribution in [-0.4, -0.2) is 24.3 Å². The molecule has 162 valence electrons. The molecule has 0 aliphatic carbocycles. The van der Waals surface area contributed by atoms with Crippen LogP contribution in [0.1, 0.15) is 36.2 Å². The van der Waals surface area contributed by atoms with Crippen molar-refractivity contribution in [2.75, 3.05) is 13.7 Å². The van der Waals surface area contributed by atoms with Gasteiger partial charge in [-0.3, -0.25) is 0 Å². The molecule has 1 aromatic heterocycles. The normalized spacial score (nSPS) is 10.7. The summed E-state index contributed by atoms with van der Waals surface area (Å²) < 4.78 is 35.7. The highest BCUT2D eigenvalue weighted by Gasteiger charge is 2.20. The Kier molecular flexibility index (Phi) is 6.87. The molecule has 0 bridgehead atoms. The number of allylic oxidation sites excluding steroid dienone is 1.